The first-order chi connectivity index (χ1) is 9.85. The van der Waals surface area contributed by atoms with Crippen LogP contribution in [0.2, 0.25) is 0 Å². The summed E-state index contributed by atoms with van der Waals surface area (Å²) >= 11 is 0. The molecule has 0 aliphatic carbocycles. The Morgan fingerprint density at radius 3 is 2.65 bits per heavy atom. The van der Waals surface area contributed by atoms with Crippen molar-refractivity contribution in [3.05, 3.63) is 42.3 Å². The number of nitrogens with zero attached hydrogens (tertiary/aromatic N) is 2. The Labute approximate surface area is 119 Å². The molecule has 106 valence electrons. The van der Waals surface area contributed by atoms with Gasteiger partial charge in [0.2, 0.25) is 5.89 Å². The minimum atomic E-state index is 0.698. The third-order valence-corrected chi connectivity index (χ3v) is 4.00. The predicted molar refractivity (Wildman–Crippen MR) is 79.0 cm³/mol. The number of aromatic nitrogens is 1. The van der Waals surface area contributed by atoms with Crippen LogP contribution in [0.1, 0.15) is 18.5 Å². The molecule has 1 saturated heterocycles. The summed E-state index contributed by atoms with van der Waals surface area (Å²) in [6.07, 6.45) is 4.16. The van der Waals surface area contributed by atoms with Gasteiger partial charge in [-0.3, -0.25) is 4.90 Å². The van der Waals surface area contributed by atoms with Gasteiger partial charge in [-0.15, -0.1) is 0 Å². The van der Waals surface area contributed by atoms with Crippen molar-refractivity contribution in [2.45, 2.75) is 19.4 Å². The van der Waals surface area contributed by atoms with Crippen molar-refractivity contribution in [1.82, 2.24) is 9.88 Å². The minimum Gasteiger partial charge on any atom is -0.444 e. The molecule has 1 aliphatic heterocycles. The molecule has 2 aromatic rings. The monoisotopic (exact) mass is 271 g/mol. The van der Waals surface area contributed by atoms with Gasteiger partial charge in [-0.2, -0.15) is 0 Å². The minimum absolute atomic E-state index is 0.698. The van der Waals surface area contributed by atoms with Gasteiger partial charge in [-0.05, 0) is 50.5 Å². The Balaban J connectivity index is 1.61. The lowest BCUT2D eigenvalue weighted by Gasteiger charge is -2.30. The van der Waals surface area contributed by atoms with Crippen LogP contribution in [0, 0.1) is 5.92 Å². The van der Waals surface area contributed by atoms with Crippen LogP contribution in [-0.2, 0) is 6.54 Å². The molecule has 0 amide bonds. The molecule has 0 spiro atoms. The Hall–Kier alpha value is -1.65. The maximum Gasteiger partial charge on any atom is 0.226 e. The lowest BCUT2D eigenvalue weighted by molar-refractivity contribution is 0.178. The number of benzene rings is 1. The zero-order valence-electron chi connectivity index (χ0n) is 11.7. The molecule has 2 heterocycles. The van der Waals surface area contributed by atoms with E-state index in [1.54, 1.807) is 6.26 Å². The van der Waals surface area contributed by atoms with Gasteiger partial charge in [0, 0.05) is 12.1 Å². The Kier molecular flexibility index (Phi) is 4.14. The lowest BCUT2D eigenvalue weighted by Crippen LogP contribution is -2.35. The van der Waals surface area contributed by atoms with Crippen LogP contribution >= 0.6 is 0 Å². The molecule has 0 unspecified atom stereocenters. The molecule has 0 atom stereocenters. The quantitative estimate of drug-likeness (QED) is 0.928. The molecule has 4 heteroatoms. The van der Waals surface area contributed by atoms with E-state index in [0.717, 1.165) is 37.4 Å². The van der Waals surface area contributed by atoms with E-state index in [1.807, 2.05) is 30.3 Å². The zero-order chi connectivity index (χ0) is 13.8. The summed E-state index contributed by atoms with van der Waals surface area (Å²) in [6.45, 7) is 3.90. The summed E-state index contributed by atoms with van der Waals surface area (Å²) < 4.78 is 5.58. The van der Waals surface area contributed by atoms with E-state index < -0.39 is 0 Å². The van der Waals surface area contributed by atoms with Gasteiger partial charge in [0.25, 0.3) is 0 Å². The van der Waals surface area contributed by atoms with Crippen LogP contribution in [0.15, 0.2) is 41.0 Å². The fraction of sp³-hybridized carbons (Fsp3) is 0.438. The molecular weight excluding hydrogens is 250 g/mol. The summed E-state index contributed by atoms with van der Waals surface area (Å²) in [5.74, 6) is 1.40. The maximum absolute atomic E-state index is 5.72. The van der Waals surface area contributed by atoms with E-state index in [1.165, 1.54) is 12.8 Å². The molecule has 20 heavy (non-hydrogen) atoms. The van der Waals surface area contributed by atoms with Crippen LogP contribution in [0.3, 0.4) is 0 Å². The van der Waals surface area contributed by atoms with E-state index in [9.17, 15) is 0 Å². The lowest BCUT2D eigenvalue weighted by atomic mass is 9.97. The molecule has 0 radical (unpaired) electrons. The first kappa shape index (κ1) is 13.3. The predicted octanol–water partition coefficient (Wildman–Crippen LogP) is 2.51. The average molecular weight is 271 g/mol. The van der Waals surface area contributed by atoms with Crippen molar-refractivity contribution >= 4 is 0 Å². The van der Waals surface area contributed by atoms with Crippen molar-refractivity contribution in [3.63, 3.8) is 0 Å². The number of rotatable bonds is 4. The number of hydrogen-bond donors (Lipinski definition) is 1. The standard InChI is InChI=1S/C16H21N3O/c17-10-13-6-8-19(9-7-13)11-15-12-20-16(18-15)14-4-2-1-3-5-14/h1-5,12-13H,6-11,17H2. The van der Waals surface area contributed by atoms with E-state index in [0.29, 0.717) is 11.8 Å². The fourth-order valence-corrected chi connectivity index (χ4v) is 2.70. The normalized spacial score (nSPS) is 17.4. The number of oxazole rings is 1. The zero-order valence-corrected chi connectivity index (χ0v) is 11.7. The number of likely N-dealkylation sites (tertiary alicyclic amines) is 1. The molecule has 1 fully saturated rings. The van der Waals surface area contributed by atoms with E-state index in [2.05, 4.69) is 9.88 Å². The van der Waals surface area contributed by atoms with Crippen LogP contribution in [0.5, 0.6) is 0 Å². The van der Waals surface area contributed by atoms with Crippen LogP contribution < -0.4 is 5.73 Å². The second kappa shape index (κ2) is 6.20. The van der Waals surface area contributed by atoms with Crippen molar-refractivity contribution in [2.75, 3.05) is 19.6 Å². The maximum atomic E-state index is 5.72. The highest BCUT2D eigenvalue weighted by molar-refractivity contribution is 5.52. The topological polar surface area (TPSA) is 55.3 Å². The Morgan fingerprint density at radius 1 is 1.20 bits per heavy atom. The van der Waals surface area contributed by atoms with Crippen LogP contribution in [0.25, 0.3) is 11.5 Å². The summed E-state index contributed by atoms with van der Waals surface area (Å²) in [7, 11) is 0. The molecule has 2 N–H and O–H groups in total. The van der Waals surface area contributed by atoms with E-state index in [-0.39, 0.29) is 0 Å². The third-order valence-electron chi connectivity index (χ3n) is 4.00. The summed E-state index contributed by atoms with van der Waals surface area (Å²) in [5.41, 5.74) is 7.76. The number of hydrogen-bond acceptors (Lipinski definition) is 4. The largest absolute Gasteiger partial charge is 0.444 e. The molecule has 0 saturated carbocycles. The SMILES string of the molecule is NCC1CCN(Cc2coc(-c3ccccc3)n2)CC1. The van der Waals surface area contributed by atoms with Crippen molar-refractivity contribution < 1.29 is 4.42 Å². The Bertz CT molecular complexity index is 530. The second-order valence-electron chi connectivity index (χ2n) is 5.47. The average Bonchev–Trinajstić information content (AvgIpc) is 2.97. The van der Waals surface area contributed by atoms with Gasteiger partial charge < -0.3 is 10.2 Å². The van der Waals surface area contributed by atoms with Crippen molar-refractivity contribution in [2.24, 2.45) is 11.7 Å². The molecule has 4 nitrogen and oxygen atoms in total. The van der Waals surface area contributed by atoms with Crippen LogP contribution in [-0.4, -0.2) is 29.5 Å². The van der Waals surface area contributed by atoms with Crippen molar-refractivity contribution in [3.8, 4) is 11.5 Å². The number of nitrogens with two attached hydrogens (primary N) is 1. The first-order valence-corrected chi connectivity index (χ1v) is 7.27. The first-order valence-electron chi connectivity index (χ1n) is 7.27. The van der Waals surface area contributed by atoms with Crippen LogP contribution in [0.4, 0.5) is 0 Å². The molecule has 0 bridgehead atoms. The molecule has 1 aliphatic rings. The summed E-state index contributed by atoms with van der Waals surface area (Å²) in [6, 6.07) is 10.0. The molecule has 1 aromatic carbocycles. The number of piperidine rings is 1. The summed E-state index contributed by atoms with van der Waals surface area (Å²) in [5, 5.41) is 0. The summed E-state index contributed by atoms with van der Waals surface area (Å²) in [4.78, 5) is 7.01. The van der Waals surface area contributed by atoms with E-state index in [4.69, 9.17) is 10.2 Å². The third kappa shape index (κ3) is 3.08. The van der Waals surface area contributed by atoms with Gasteiger partial charge in [-0.1, -0.05) is 18.2 Å². The molecular formula is C16H21N3O. The van der Waals surface area contributed by atoms with Gasteiger partial charge in [0.15, 0.2) is 0 Å². The smallest absolute Gasteiger partial charge is 0.226 e. The van der Waals surface area contributed by atoms with Gasteiger partial charge in [-0.25, -0.2) is 4.98 Å². The fourth-order valence-electron chi connectivity index (χ4n) is 2.70. The van der Waals surface area contributed by atoms with Gasteiger partial charge in [0.1, 0.15) is 6.26 Å². The highest BCUT2D eigenvalue weighted by Gasteiger charge is 2.19. The highest BCUT2D eigenvalue weighted by Crippen LogP contribution is 2.21. The Morgan fingerprint density at radius 2 is 1.95 bits per heavy atom. The molecule has 1 aromatic heterocycles. The highest BCUT2D eigenvalue weighted by atomic mass is 16.3. The molecule has 3 rings (SSSR count). The second-order valence-corrected chi connectivity index (χ2v) is 5.47. The van der Waals surface area contributed by atoms with Gasteiger partial charge >= 0.3 is 0 Å². The van der Waals surface area contributed by atoms with Gasteiger partial charge in [0.05, 0.1) is 5.69 Å². The van der Waals surface area contributed by atoms with Crippen molar-refractivity contribution in [1.29, 1.82) is 0 Å². The van der Waals surface area contributed by atoms with E-state index >= 15 is 0 Å².